The molecule has 0 aliphatic heterocycles. The van der Waals surface area contributed by atoms with E-state index in [-0.39, 0.29) is 11.9 Å². The van der Waals surface area contributed by atoms with Gasteiger partial charge in [-0.25, -0.2) is 0 Å². The van der Waals surface area contributed by atoms with Gasteiger partial charge in [-0.05, 0) is 30.7 Å². The Labute approximate surface area is 123 Å². The number of methoxy groups -OCH3 is 2. The van der Waals surface area contributed by atoms with Crippen molar-refractivity contribution in [3.63, 3.8) is 0 Å². The predicted molar refractivity (Wildman–Crippen MR) is 79.7 cm³/mol. The van der Waals surface area contributed by atoms with Gasteiger partial charge in [0.2, 0.25) is 0 Å². The number of amides is 1. The lowest BCUT2D eigenvalue weighted by Gasteiger charge is -2.15. The van der Waals surface area contributed by atoms with Crippen LogP contribution in [0.5, 0.6) is 11.5 Å². The first-order valence-electron chi connectivity index (χ1n) is 6.58. The molecule has 0 fully saturated rings. The first-order chi connectivity index (χ1) is 10.1. The van der Waals surface area contributed by atoms with E-state index in [0.717, 1.165) is 5.56 Å². The maximum absolute atomic E-state index is 12.3. The Hall–Kier alpha value is -2.56. The van der Waals surface area contributed by atoms with E-state index in [1.165, 1.54) is 0 Å². The molecule has 21 heavy (non-hydrogen) atoms. The Bertz CT molecular complexity index is 592. The maximum atomic E-state index is 12.3. The molecule has 1 aromatic heterocycles. The largest absolute Gasteiger partial charge is 0.497 e. The molecule has 0 aliphatic carbocycles. The molecule has 5 heteroatoms. The van der Waals surface area contributed by atoms with E-state index in [0.29, 0.717) is 17.1 Å². The highest BCUT2D eigenvalue weighted by atomic mass is 16.5. The molecule has 0 unspecified atom stereocenters. The quantitative estimate of drug-likeness (QED) is 0.917. The van der Waals surface area contributed by atoms with Crippen molar-refractivity contribution in [2.45, 2.75) is 13.0 Å². The fraction of sp³-hybridized carbons (Fsp3) is 0.250. The van der Waals surface area contributed by atoms with Gasteiger partial charge < -0.3 is 14.8 Å². The molecule has 5 nitrogen and oxygen atoms in total. The monoisotopic (exact) mass is 286 g/mol. The van der Waals surface area contributed by atoms with Gasteiger partial charge in [0.15, 0.2) is 0 Å². The number of hydrogen-bond acceptors (Lipinski definition) is 4. The second-order valence-corrected chi connectivity index (χ2v) is 4.58. The van der Waals surface area contributed by atoms with Gasteiger partial charge in [-0.15, -0.1) is 0 Å². The third-order valence-corrected chi connectivity index (χ3v) is 3.15. The number of ether oxygens (including phenoxy) is 2. The van der Waals surface area contributed by atoms with Gasteiger partial charge in [0, 0.05) is 24.0 Å². The Morgan fingerprint density at radius 2 is 1.86 bits per heavy atom. The minimum atomic E-state index is -0.191. The van der Waals surface area contributed by atoms with Gasteiger partial charge in [0.1, 0.15) is 11.5 Å². The van der Waals surface area contributed by atoms with E-state index in [2.05, 4.69) is 10.3 Å². The fourth-order valence-corrected chi connectivity index (χ4v) is 1.93. The van der Waals surface area contributed by atoms with Crippen molar-refractivity contribution in [2.75, 3.05) is 14.2 Å². The molecule has 0 spiro atoms. The van der Waals surface area contributed by atoms with Gasteiger partial charge in [-0.3, -0.25) is 9.78 Å². The summed E-state index contributed by atoms with van der Waals surface area (Å²) in [5.41, 5.74) is 1.43. The van der Waals surface area contributed by atoms with E-state index < -0.39 is 0 Å². The standard InChI is InChI=1S/C16H18N2O3/c1-11(12-5-4-6-17-10-12)18-16(19)13-7-14(20-2)9-15(8-13)21-3/h4-11H,1-3H3,(H,18,19)/t11-/m0/s1. The van der Waals surface area contributed by atoms with Crippen LogP contribution in [0.3, 0.4) is 0 Å². The molecule has 0 aliphatic rings. The zero-order chi connectivity index (χ0) is 15.2. The second-order valence-electron chi connectivity index (χ2n) is 4.58. The van der Waals surface area contributed by atoms with E-state index in [4.69, 9.17) is 9.47 Å². The Kier molecular flexibility index (Phi) is 4.77. The van der Waals surface area contributed by atoms with Crippen LogP contribution in [-0.4, -0.2) is 25.1 Å². The highest BCUT2D eigenvalue weighted by Crippen LogP contribution is 2.23. The number of rotatable bonds is 5. The average Bonchev–Trinajstić information content (AvgIpc) is 2.54. The number of carbonyl (C=O) groups excluding carboxylic acids is 1. The van der Waals surface area contributed by atoms with Crippen molar-refractivity contribution in [3.8, 4) is 11.5 Å². The smallest absolute Gasteiger partial charge is 0.252 e. The number of hydrogen-bond donors (Lipinski definition) is 1. The SMILES string of the molecule is COc1cc(OC)cc(C(=O)N[C@@H](C)c2cccnc2)c1. The molecule has 1 amide bonds. The zero-order valence-corrected chi connectivity index (χ0v) is 12.3. The summed E-state index contributed by atoms with van der Waals surface area (Å²) in [6, 6.07) is 8.70. The van der Waals surface area contributed by atoms with E-state index in [9.17, 15) is 4.79 Å². The van der Waals surface area contributed by atoms with Gasteiger partial charge in [-0.1, -0.05) is 6.07 Å². The molecule has 0 bridgehead atoms. The summed E-state index contributed by atoms with van der Waals surface area (Å²) < 4.78 is 10.3. The third-order valence-electron chi connectivity index (χ3n) is 3.15. The highest BCUT2D eigenvalue weighted by molar-refractivity contribution is 5.95. The van der Waals surface area contributed by atoms with Crippen molar-refractivity contribution in [1.82, 2.24) is 10.3 Å². The van der Waals surface area contributed by atoms with Crippen molar-refractivity contribution in [1.29, 1.82) is 0 Å². The van der Waals surface area contributed by atoms with Crippen molar-refractivity contribution in [2.24, 2.45) is 0 Å². The van der Waals surface area contributed by atoms with Crippen LogP contribution < -0.4 is 14.8 Å². The summed E-state index contributed by atoms with van der Waals surface area (Å²) in [6.07, 6.45) is 3.43. The number of benzene rings is 1. The molecule has 1 atom stereocenters. The van der Waals surface area contributed by atoms with Crippen LogP contribution in [-0.2, 0) is 0 Å². The Morgan fingerprint density at radius 3 is 2.38 bits per heavy atom. The van der Waals surface area contributed by atoms with E-state index in [1.54, 1.807) is 44.8 Å². The molecule has 2 rings (SSSR count). The highest BCUT2D eigenvalue weighted by Gasteiger charge is 2.13. The minimum Gasteiger partial charge on any atom is -0.497 e. The normalized spacial score (nSPS) is 11.6. The number of nitrogens with zero attached hydrogens (tertiary/aromatic N) is 1. The fourth-order valence-electron chi connectivity index (χ4n) is 1.93. The molecule has 110 valence electrons. The van der Waals surface area contributed by atoms with Gasteiger partial charge in [-0.2, -0.15) is 0 Å². The Morgan fingerprint density at radius 1 is 1.19 bits per heavy atom. The minimum absolute atomic E-state index is 0.136. The lowest BCUT2D eigenvalue weighted by molar-refractivity contribution is 0.0939. The van der Waals surface area contributed by atoms with Crippen LogP contribution >= 0.6 is 0 Å². The second kappa shape index (κ2) is 6.74. The summed E-state index contributed by atoms with van der Waals surface area (Å²) in [7, 11) is 3.10. The van der Waals surface area contributed by atoms with Gasteiger partial charge >= 0.3 is 0 Å². The van der Waals surface area contributed by atoms with Crippen molar-refractivity contribution < 1.29 is 14.3 Å². The Balaban J connectivity index is 2.16. The third kappa shape index (κ3) is 3.72. The molecule has 0 saturated heterocycles. The van der Waals surface area contributed by atoms with E-state index in [1.807, 2.05) is 19.1 Å². The summed E-state index contributed by atoms with van der Waals surface area (Å²) in [4.78, 5) is 16.4. The van der Waals surface area contributed by atoms with Crippen LogP contribution in [0.25, 0.3) is 0 Å². The number of nitrogens with one attached hydrogen (secondary N) is 1. The maximum Gasteiger partial charge on any atom is 0.252 e. The average molecular weight is 286 g/mol. The molecule has 0 saturated carbocycles. The molecule has 1 heterocycles. The van der Waals surface area contributed by atoms with Gasteiger partial charge in [0.05, 0.1) is 20.3 Å². The van der Waals surface area contributed by atoms with Crippen LogP contribution in [0, 0.1) is 0 Å². The summed E-state index contributed by atoms with van der Waals surface area (Å²) in [6.45, 7) is 1.91. The van der Waals surface area contributed by atoms with Gasteiger partial charge in [0.25, 0.3) is 5.91 Å². The van der Waals surface area contributed by atoms with Crippen LogP contribution in [0.1, 0.15) is 28.9 Å². The number of aromatic nitrogens is 1. The lowest BCUT2D eigenvalue weighted by Crippen LogP contribution is -2.26. The number of pyridine rings is 1. The zero-order valence-electron chi connectivity index (χ0n) is 12.3. The predicted octanol–water partition coefficient (Wildman–Crippen LogP) is 2.59. The van der Waals surface area contributed by atoms with Crippen molar-refractivity contribution >= 4 is 5.91 Å². The van der Waals surface area contributed by atoms with Crippen LogP contribution in [0.4, 0.5) is 0 Å². The van der Waals surface area contributed by atoms with Crippen molar-refractivity contribution in [3.05, 3.63) is 53.9 Å². The van der Waals surface area contributed by atoms with E-state index >= 15 is 0 Å². The van der Waals surface area contributed by atoms with Crippen LogP contribution in [0.15, 0.2) is 42.7 Å². The molecular formula is C16H18N2O3. The molecule has 1 aromatic carbocycles. The molecular weight excluding hydrogens is 268 g/mol. The first-order valence-corrected chi connectivity index (χ1v) is 6.58. The molecule has 0 radical (unpaired) electrons. The summed E-state index contributed by atoms with van der Waals surface area (Å²) in [5, 5.41) is 2.93. The molecule has 1 N–H and O–H groups in total. The lowest BCUT2D eigenvalue weighted by atomic mass is 10.1. The molecule has 2 aromatic rings. The summed E-state index contributed by atoms with van der Waals surface area (Å²) >= 11 is 0. The summed E-state index contributed by atoms with van der Waals surface area (Å²) in [5.74, 6) is 0.964. The first kappa shape index (κ1) is 14.8. The van der Waals surface area contributed by atoms with Crippen LogP contribution in [0.2, 0.25) is 0 Å². The topological polar surface area (TPSA) is 60.5 Å². The number of carbonyl (C=O) groups is 1.